The molecule has 0 bridgehead atoms. The largest absolute Gasteiger partial charge is 0.459 e. The number of hydrogen-bond donors (Lipinski definition) is 1. The number of nitrogens with zero attached hydrogens (tertiary/aromatic N) is 1. The number of carbonyl (C=O) groups is 1. The molecule has 26 heavy (non-hydrogen) atoms. The maximum absolute atomic E-state index is 12.6. The summed E-state index contributed by atoms with van der Waals surface area (Å²) in [5.41, 5.74) is 2.39. The fourth-order valence-electron chi connectivity index (χ4n) is 2.52. The van der Waals surface area contributed by atoms with Crippen molar-refractivity contribution in [3.63, 3.8) is 0 Å². The van der Waals surface area contributed by atoms with Crippen molar-refractivity contribution in [2.24, 2.45) is 0 Å². The van der Waals surface area contributed by atoms with Gasteiger partial charge in [-0.05, 0) is 42.8 Å². The van der Waals surface area contributed by atoms with Gasteiger partial charge >= 0.3 is 0 Å². The predicted octanol–water partition coefficient (Wildman–Crippen LogP) is 4.93. The van der Waals surface area contributed by atoms with E-state index in [-0.39, 0.29) is 11.9 Å². The molecule has 0 aliphatic rings. The van der Waals surface area contributed by atoms with Crippen molar-refractivity contribution in [3.05, 3.63) is 89.4 Å². The fraction of sp³-hybridized carbons (Fsp3) is 0.143. The zero-order chi connectivity index (χ0) is 18.4. The minimum Gasteiger partial charge on any atom is -0.459 e. The van der Waals surface area contributed by atoms with Crippen LogP contribution >= 0.6 is 11.8 Å². The third-order valence-corrected chi connectivity index (χ3v) is 5.04. The monoisotopic (exact) mass is 362 g/mol. The highest BCUT2D eigenvalue weighted by Gasteiger charge is 2.18. The van der Waals surface area contributed by atoms with E-state index in [1.54, 1.807) is 30.2 Å². The summed E-state index contributed by atoms with van der Waals surface area (Å²) < 4.78 is 5.42. The number of rotatable bonds is 6. The highest BCUT2D eigenvalue weighted by atomic mass is 32.2. The maximum Gasteiger partial charge on any atom is 0.287 e. The second-order valence-corrected chi connectivity index (χ2v) is 6.85. The molecule has 1 N–H and O–H groups in total. The molecular formula is C21H18N2O2S. The standard InChI is InChI=1S/C21H18N2O2S/c1-15(17-9-7-16(13-22)8-10-17)23-21(24)20-18(11-12-25-20)14-26-19-5-3-2-4-6-19/h2-12,15H,14H2,1H3,(H,23,24). The van der Waals surface area contributed by atoms with Gasteiger partial charge in [0.05, 0.1) is 23.9 Å². The molecule has 0 saturated carbocycles. The van der Waals surface area contributed by atoms with Crippen LogP contribution in [0.2, 0.25) is 0 Å². The molecule has 0 aliphatic carbocycles. The van der Waals surface area contributed by atoms with Crippen molar-refractivity contribution in [2.45, 2.75) is 23.6 Å². The summed E-state index contributed by atoms with van der Waals surface area (Å²) in [5, 5.41) is 11.8. The zero-order valence-corrected chi connectivity index (χ0v) is 15.1. The van der Waals surface area contributed by atoms with E-state index in [0.29, 0.717) is 17.1 Å². The van der Waals surface area contributed by atoms with Crippen LogP contribution in [0.15, 0.2) is 76.2 Å². The minimum atomic E-state index is -0.240. The number of carbonyl (C=O) groups excluding carboxylic acids is 1. The summed E-state index contributed by atoms with van der Waals surface area (Å²) >= 11 is 1.66. The van der Waals surface area contributed by atoms with Gasteiger partial charge in [-0.3, -0.25) is 4.79 Å². The van der Waals surface area contributed by atoms with Gasteiger partial charge in [0.2, 0.25) is 0 Å². The molecule has 3 rings (SSSR count). The van der Waals surface area contributed by atoms with Gasteiger partial charge in [0.1, 0.15) is 0 Å². The summed E-state index contributed by atoms with van der Waals surface area (Å²) in [6.45, 7) is 1.90. The lowest BCUT2D eigenvalue weighted by Gasteiger charge is -2.14. The Morgan fingerprint density at radius 1 is 1.15 bits per heavy atom. The normalized spacial score (nSPS) is 11.5. The van der Waals surface area contributed by atoms with Gasteiger partial charge in [-0.25, -0.2) is 0 Å². The van der Waals surface area contributed by atoms with E-state index in [0.717, 1.165) is 16.0 Å². The predicted molar refractivity (Wildman–Crippen MR) is 102 cm³/mol. The highest BCUT2D eigenvalue weighted by molar-refractivity contribution is 7.98. The lowest BCUT2D eigenvalue weighted by atomic mass is 10.1. The molecule has 130 valence electrons. The number of benzene rings is 2. The first-order valence-electron chi connectivity index (χ1n) is 8.22. The molecule has 5 heteroatoms. The second-order valence-electron chi connectivity index (χ2n) is 5.81. The van der Waals surface area contributed by atoms with Crippen molar-refractivity contribution in [1.29, 1.82) is 5.26 Å². The SMILES string of the molecule is CC(NC(=O)c1occc1CSc1ccccc1)c1ccc(C#N)cc1. The van der Waals surface area contributed by atoms with E-state index in [1.807, 2.05) is 55.5 Å². The Kier molecular flexibility index (Phi) is 5.77. The number of furan rings is 1. The lowest BCUT2D eigenvalue weighted by molar-refractivity contribution is 0.0911. The smallest absolute Gasteiger partial charge is 0.287 e. The Balaban J connectivity index is 1.64. The Bertz CT molecular complexity index is 911. The molecule has 0 saturated heterocycles. The van der Waals surface area contributed by atoms with Crippen LogP contribution in [0.4, 0.5) is 0 Å². The average Bonchev–Trinajstić information content (AvgIpc) is 3.16. The number of amides is 1. The zero-order valence-electron chi connectivity index (χ0n) is 14.3. The summed E-state index contributed by atoms with van der Waals surface area (Å²) in [6, 6.07) is 20.9. The Morgan fingerprint density at radius 3 is 2.58 bits per heavy atom. The van der Waals surface area contributed by atoms with Gasteiger partial charge in [-0.15, -0.1) is 11.8 Å². The van der Waals surface area contributed by atoms with Crippen LogP contribution in [-0.4, -0.2) is 5.91 Å². The first-order valence-corrected chi connectivity index (χ1v) is 9.21. The second kappa shape index (κ2) is 8.41. The Labute approximate surface area is 156 Å². The number of nitriles is 1. The van der Waals surface area contributed by atoms with Crippen molar-refractivity contribution in [1.82, 2.24) is 5.32 Å². The van der Waals surface area contributed by atoms with Gasteiger partial charge < -0.3 is 9.73 Å². The lowest BCUT2D eigenvalue weighted by Crippen LogP contribution is -2.27. The Hall–Kier alpha value is -2.97. The first kappa shape index (κ1) is 17.8. The molecule has 1 aromatic heterocycles. The number of thioether (sulfide) groups is 1. The molecule has 1 heterocycles. The molecule has 1 unspecified atom stereocenters. The molecular weight excluding hydrogens is 344 g/mol. The third kappa shape index (κ3) is 4.35. The third-order valence-electron chi connectivity index (χ3n) is 3.98. The number of nitrogens with one attached hydrogen (secondary N) is 1. The fourth-order valence-corrected chi connectivity index (χ4v) is 3.42. The quantitative estimate of drug-likeness (QED) is 0.631. The van der Waals surface area contributed by atoms with E-state index in [4.69, 9.17) is 9.68 Å². The van der Waals surface area contributed by atoms with Crippen LogP contribution in [0.3, 0.4) is 0 Å². The van der Waals surface area contributed by atoms with Crippen LogP contribution in [0.1, 0.15) is 40.2 Å². The summed E-state index contributed by atoms with van der Waals surface area (Å²) in [5.74, 6) is 0.763. The van der Waals surface area contributed by atoms with Crippen LogP contribution in [0.25, 0.3) is 0 Å². The van der Waals surface area contributed by atoms with E-state index in [2.05, 4.69) is 11.4 Å². The van der Waals surface area contributed by atoms with E-state index in [1.165, 1.54) is 0 Å². The number of hydrogen-bond acceptors (Lipinski definition) is 4. The topological polar surface area (TPSA) is 66.0 Å². The van der Waals surface area contributed by atoms with Gasteiger partial charge in [0, 0.05) is 16.2 Å². The molecule has 1 amide bonds. The van der Waals surface area contributed by atoms with Crippen LogP contribution in [0.5, 0.6) is 0 Å². The highest BCUT2D eigenvalue weighted by Crippen LogP contribution is 2.25. The first-order chi connectivity index (χ1) is 12.7. The summed E-state index contributed by atoms with van der Waals surface area (Å²) in [4.78, 5) is 13.7. The molecule has 1 atom stereocenters. The van der Waals surface area contributed by atoms with Gasteiger partial charge in [0.25, 0.3) is 5.91 Å². The van der Waals surface area contributed by atoms with Crippen LogP contribution < -0.4 is 5.32 Å². The van der Waals surface area contributed by atoms with Crippen LogP contribution in [-0.2, 0) is 5.75 Å². The van der Waals surface area contributed by atoms with E-state index >= 15 is 0 Å². The molecule has 0 radical (unpaired) electrons. The molecule has 2 aromatic carbocycles. The minimum absolute atomic E-state index is 0.185. The Morgan fingerprint density at radius 2 is 1.88 bits per heavy atom. The van der Waals surface area contributed by atoms with Crippen molar-refractivity contribution in [2.75, 3.05) is 0 Å². The molecule has 4 nitrogen and oxygen atoms in total. The summed E-state index contributed by atoms with van der Waals surface area (Å²) in [6.07, 6.45) is 1.54. The molecule has 0 fully saturated rings. The maximum atomic E-state index is 12.6. The van der Waals surface area contributed by atoms with Gasteiger partial charge in [-0.2, -0.15) is 5.26 Å². The molecule has 0 spiro atoms. The van der Waals surface area contributed by atoms with Crippen molar-refractivity contribution >= 4 is 17.7 Å². The molecule has 0 aliphatic heterocycles. The van der Waals surface area contributed by atoms with Gasteiger partial charge in [-0.1, -0.05) is 30.3 Å². The van der Waals surface area contributed by atoms with E-state index < -0.39 is 0 Å². The van der Waals surface area contributed by atoms with Crippen molar-refractivity contribution < 1.29 is 9.21 Å². The van der Waals surface area contributed by atoms with Crippen molar-refractivity contribution in [3.8, 4) is 6.07 Å². The van der Waals surface area contributed by atoms with Crippen LogP contribution in [0, 0.1) is 11.3 Å². The molecule has 3 aromatic rings. The van der Waals surface area contributed by atoms with Gasteiger partial charge in [0.15, 0.2) is 5.76 Å². The average molecular weight is 362 g/mol. The van der Waals surface area contributed by atoms with E-state index in [9.17, 15) is 4.79 Å². The summed E-state index contributed by atoms with van der Waals surface area (Å²) in [7, 11) is 0.